The summed E-state index contributed by atoms with van der Waals surface area (Å²) >= 11 is 0. The third-order valence-corrected chi connectivity index (χ3v) is 6.46. The molecule has 1 aliphatic rings. The highest BCUT2D eigenvalue weighted by Crippen LogP contribution is 2.45. The standard InChI is InChI=1S/C26H27N3O3/c1-16-10-9-13-18(14-16)20-19-21(27(4)25(31)28(5)24(19)30)22-23(17-11-7-6-8-12-17)32-15-26(2,3)29(20)22/h6-14,23H,15H2,1-5H3. The minimum Gasteiger partial charge on any atom is -0.365 e. The number of aromatic nitrogens is 3. The maximum absolute atomic E-state index is 13.5. The molecule has 0 saturated carbocycles. The number of aryl methyl sites for hydroxylation is 2. The van der Waals surface area contributed by atoms with E-state index in [1.165, 1.54) is 11.6 Å². The highest BCUT2D eigenvalue weighted by atomic mass is 16.5. The summed E-state index contributed by atoms with van der Waals surface area (Å²) in [5.74, 6) is 0. The Morgan fingerprint density at radius 3 is 2.38 bits per heavy atom. The summed E-state index contributed by atoms with van der Waals surface area (Å²) in [6.45, 7) is 6.74. The Morgan fingerprint density at radius 2 is 1.69 bits per heavy atom. The topological polar surface area (TPSA) is 58.2 Å². The molecule has 0 bridgehead atoms. The molecule has 6 heteroatoms. The van der Waals surface area contributed by atoms with Crippen LogP contribution in [0.1, 0.15) is 36.8 Å². The fraction of sp³-hybridized carbons (Fsp3) is 0.308. The van der Waals surface area contributed by atoms with E-state index >= 15 is 0 Å². The van der Waals surface area contributed by atoms with Gasteiger partial charge in [-0.1, -0.05) is 54.1 Å². The van der Waals surface area contributed by atoms with Crippen LogP contribution in [0.5, 0.6) is 0 Å². The van der Waals surface area contributed by atoms with Crippen LogP contribution in [0, 0.1) is 6.92 Å². The smallest absolute Gasteiger partial charge is 0.331 e. The summed E-state index contributed by atoms with van der Waals surface area (Å²) in [6.07, 6.45) is -0.386. The predicted octanol–water partition coefficient (Wildman–Crippen LogP) is 3.87. The zero-order chi connectivity index (χ0) is 22.8. The van der Waals surface area contributed by atoms with Crippen molar-refractivity contribution < 1.29 is 4.74 Å². The van der Waals surface area contributed by atoms with Crippen molar-refractivity contribution in [3.05, 3.63) is 92.3 Å². The van der Waals surface area contributed by atoms with Crippen LogP contribution in [-0.4, -0.2) is 20.3 Å². The number of nitrogens with zero attached hydrogens (tertiary/aromatic N) is 3. The molecule has 0 amide bonds. The van der Waals surface area contributed by atoms with Crippen LogP contribution in [0.2, 0.25) is 0 Å². The van der Waals surface area contributed by atoms with E-state index in [9.17, 15) is 9.59 Å². The van der Waals surface area contributed by atoms with Crippen molar-refractivity contribution in [2.45, 2.75) is 32.4 Å². The second-order valence-corrected chi connectivity index (χ2v) is 9.28. The minimum atomic E-state index is -0.417. The van der Waals surface area contributed by atoms with Crippen LogP contribution in [0.25, 0.3) is 22.2 Å². The van der Waals surface area contributed by atoms with E-state index in [1.54, 1.807) is 11.6 Å². The molecule has 3 heterocycles. The van der Waals surface area contributed by atoms with Gasteiger partial charge in [-0.25, -0.2) is 4.79 Å². The lowest BCUT2D eigenvalue weighted by molar-refractivity contribution is -0.00707. The Labute approximate surface area is 186 Å². The van der Waals surface area contributed by atoms with Gasteiger partial charge in [-0.3, -0.25) is 13.9 Å². The molecule has 32 heavy (non-hydrogen) atoms. The first-order valence-electron chi connectivity index (χ1n) is 10.8. The Balaban J connectivity index is 2.04. The first kappa shape index (κ1) is 20.5. The van der Waals surface area contributed by atoms with E-state index in [2.05, 4.69) is 24.5 Å². The van der Waals surface area contributed by atoms with Gasteiger partial charge in [0.2, 0.25) is 0 Å². The summed E-state index contributed by atoms with van der Waals surface area (Å²) in [4.78, 5) is 26.5. The molecular weight excluding hydrogens is 402 g/mol. The van der Waals surface area contributed by atoms with Crippen molar-refractivity contribution in [3.8, 4) is 11.3 Å². The Morgan fingerprint density at radius 1 is 0.969 bits per heavy atom. The molecular formula is C26H27N3O3. The molecule has 1 aliphatic heterocycles. The fourth-order valence-corrected chi connectivity index (χ4v) is 4.94. The second-order valence-electron chi connectivity index (χ2n) is 9.28. The van der Waals surface area contributed by atoms with Crippen molar-refractivity contribution in [3.63, 3.8) is 0 Å². The molecule has 6 nitrogen and oxygen atoms in total. The molecule has 0 N–H and O–H groups in total. The van der Waals surface area contributed by atoms with Gasteiger partial charge in [-0.2, -0.15) is 0 Å². The van der Waals surface area contributed by atoms with Crippen molar-refractivity contribution >= 4 is 10.9 Å². The molecule has 2 aromatic carbocycles. The maximum Gasteiger partial charge on any atom is 0.331 e. The zero-order valence-corrected chi connectivity index (χ0v) is 19.0. The van der Waals surface area contributed by atoms with Crippen LogP contribution in [0.4, 0.5) is 0 Å². The number of ether oxygens (including phenoxy) is 1. The zero-order valence-electron chi connectivity index (χ0n) is 19.0. The van der Waals surface area contributed by atoms with E-state index in [4.69, 9.17) is 4.74 Å². The van der Waals surface area contributed by atoms with Gasteiger partial charge in [0.15, 0.2) is 0 Å². The predicted molar refractivity (Wildman–Crippen MR) is 126 cm³/mol. The molecule has 0 fully saturated rings. The van der Waals surface area contributed by atoms with Crippen molar-refractivity contribution in [2.24, 2.45) is 14.1 Å². The number of hydrogen-bond donors (Lipinski definition) is 0. The van der Waals surface area contributed by atoms with Gasteiger partial charge in [0.25, 0.3) is 5.56 Å². The van der Waals surface area contributed by atoms with Crippen molar-refractivity contribution in [1.29, 1.82) is 0 Å². The highest BCUT2D eigenvalue weighted by molar-refractivity contribution is 5.97. The number of rotatable bonds is 2. The van der Waals surface area contributed by atoms with E-state index < -0.39 is 5.54 Å². The second kappa shape index (κ2) is 7.07. The van der Waals surface area contributed by atoms with Gasteiger partial charge in [-0.05, 0) is 38.0 Å². The van der Waals surface area contributed by atoms with Gasteiger partial charge in [0.1, 0.15) is 6.10 Å². The lowest BCUT2D eigenvalue weighted by atomic mass is 9.98. The summed E-state index contributed by atoms with van der Waals surface area (Å²) in [5, 5.41) is 0.551. The third-order valence-electron chi connectivity index (χ3n) is 6.46. The Kier molecular flexibility index (Phi) is 4.53. The molecule has 5 rings (SSSR count). The normalized spacial score (nSPS) is 17.5. The lowest BCUT2D eigenvalue weighted by Gasteiger charge is -2.39. The molecule has 0 radical (unpaired) electrons. The summed E-state index contributed by atoms with van der Waals surface area (Å²) in [7, 11) is 3.27. The van der Waals surface area contributed by atoms with Crippen molar-refractivity contribution in [1.82, 2.24) is 13.7 Å². The minimum absolute atomic E-state index is 0.288. The third kappa shape index (κ3) is 2.83. The van der Waals surface area contributed by atoms with Crippen molar-refractivity contribution in [2.75, 3.05) is 6.61 Å². The summed E-state index contributed by atoms with van der Waals surface area (Å²) in [6, 6.07) is 18.1. The van der Waals surface area contributed by atoms with Gasteiger partial charge in [0, 0.05) is 14.1 Å². The number of fused-ring (bicyclic) bond motifs is 3. The quantitative estimate of drug-likeness (QED) is 0.486. The maximum atomic E-state index is 13.5. The molecule has 1 atom stereocenters. The van der Waals surface area contributed by atoms with Crippen LogP contribution in [0.15, 0.2) is 64.2 Å². The Bertz CT molecular complexity index is 1470. The summed E-state index contributed by atoms with van der Waals surface area (Å²) in [5.41, 5.74) is 4.33. The number of hydrogen-bond acceptors (Lipinski definition) is 3. The van der Waals surface area contributed by atoms with Crippen LogP contribution >= 0.6 is 0 Å². The highest BCUT2D eigenvalue weighted by Gasteiger charge is 2.40. The molecule has 0 aliphatic carbocycles. The molecule has 1 unspecified atom stereocenters. The number of benzene rings is 2. The molecule has 4 aromatic rings. The first-order chi connectivity index (χ1) is 15.2. The van der Waals surface area contributed by atoms with Crippen LogP contribution in [0.3, 0.4) is 0 Å². The van der Waals surface area contributed by atoms with Gasteiger partial charge in [-0.15, -0.1) is 0 Å². The van der Waals surface area contributed by atoms with E-state index in [0.29, 0.717) is 17.5 Å². The average Bonchev–Trinajstić information content (AvgIpc) is 3.14. The molecule has 2 aromatic heterocycles. The van der Waals surface area contributed by atoms with E-state index in [-0.39, 0.29) is 17.4 Å². The molecule has 0 spiro atoms. The monoisotopic (exact) mass is 429 g/mol. The van der Waals surface area contributed by atoms with Crippen LogP contribution < -0.4 is 11.2 Å². The van der Waals surface area contributed by atoms with Gasteiger partial charge >= 0.3 is 5.69 Å². The fourth-order valence-electron chi connectivity index (χ4n) is 4.94. The van der Waals surface area contributed by atoms with E-state index in [0.717, 1.165) is 28.1 Å². The van der Waals surface area contributed by atoms with Gasteiger partial charge in [0.05, 0.1) is 34.4 Å². The first-order valence-corrected chi connectivity index (χ1v) is 10.8. The van der Waals surface area contributed by atoms with E-state index in [1.807, 2.05) is 55.5 Å². The largest absolute Gasteiger partial charge is 0.365 e. The lowest BCUT2D eigenvalue weighted by Crippen LogP contribution is -2.40. The summed E-state index contributed by atoms with van der Waals surface area (Å²) < 4.78 is 11.4. The SMILES string of the molecule is Cc1cccc(-c2c3c(=O)n(C)c(=O)n(C)c3c3n2C(C)(C)COC3c2ccccc2)c1. The Hall–Kier alpha value is -3.38. The van der Waals surface area contributed by atoms with Gasteiger partial charge < -0.3 is 9.30 Å². The molecule has 0 saturated heterocycles. The average molecular weight is 430 g/mol. The molecule has 164 valence electrons. The van der Waals surface area contributed by atoms with Crippen LogP contribution in [-0.2, 0) is 24.4 Å².